The number of carbonyl (C=O) groups is 7. The van der Waals surface area contributed by atoms with E-state index in [0.717, 1.165) is 0 Å². The van der Waals surface area contributed by atoms with Gasteiger partial charge in [0, 0.05) is 19.3 Å². The standard InChI is InChI=1S/C18H31N7O9/c19-8(1-4-12(20)27)15(30)25-11(7-26)17(32)23-9(2-5-13(21)28)16(31)24-10(18(33)34)3-6-14(22)29/h8-11,26H,1-7,19H2,(H2,20,27)(H2,21,28)(H2,22,29)(H,23,32)(H,24,31)(H,25,30)(H,33,34). The number of nitrogens with one attached hydrogen (secondary N) is 3. The Morgan fingerprint density at radius 3 is 1.44 bits per heavy atom. The Balaban J connectivity index is 5.32. The summed E-state index contributed by atoms with van der Waals surface area (Å²) in [6.07, 6.45) is -1.69. The SMILES string of the molecule is NC(=O)CCC(N)C(=O)NC(CO)C(=O)NC(CCC(N)=O)C(=O)NC(CCC(N)=O)C(=O)O. The third-order valence-corrected chi connectivity index (χ3v) is 4.46. The smallest absolute Gasteiger partial charge is 0.326 e. The quantitative estimate of drug-likeness (QED) is 0.0933. The number of primary amides is 3. The fourth-order valence-corrected chi connectivity index (χ4v) is 2.55. The molecule has 0 aromatic carbocycles. The molecule has 0 saturated heterocycles. The summed E-state index contributed by atoms with van der Waals surface area (Å²) in [6, 6.07) is -5.79. The van der Waals surface area contributed by atoms with Crippen LogP contribution in [0.1, 0.15) is 38.5 Å². The lowest BCUT2D eigenvalue weighted by atomic mass is 10.1. The molecule has 0 aromatic rings. The summed E-state index contributed by atoms with van der Waals surface area (Å²) in [5, 5.41) is 25.1. The van der Waals surface area contributed by atoms with Gasteiger partial charge in [-0.3, -0.25) is 28.8 Å². The Morgan fingerprint density at radius 1 is 0.618 bits per heavy atom. The maximum absolute atomic E-state index is 12.6. The highest BCUT2D eigenvalue weighted by Crippen LogP contribution is 2.04. The minimum atomic E-state index is -1.57. The molecule has 0 aliphatic carbocycles. The summed E-state index contributed by atoms with van der Waals surface area (Å²) in [5.74, 6) is -6.73. The van der Waals surface area contributed by atoms with Crippen LogP contribution in [0.2, 0.25) is 0 Å². The van der Waals surface area contributed by atoms with Gasteiger partial charge in [0.05, 0.1) is 12.6 Å². The molecule has 13 N–H and O–H groups in total. The number of carboxylic acid groups (broad SMARTS) is 1. The van der Waals surface area contributed by atoms with Crippen LogP contribution in [0.5, 0.6) is 0 Å². The Morgan fingerprint density at radius 2 is 1.00 bits per heavy atom. The first-order chi connectivity index (χ1) is 15.8. The van der Waals surface area contributed by atoms with Gasteiger partial charge < -0.3 is 49.1 Å². The van der Waals surface area contributed by atoms with Gasteiger partial charge in [0.15, 0.2) is 0 Å². The highest BCUT2D eigenvalue weighted by atomic mass is 16.4. The molecule has 16 nitrogen and oxygen atoms in total. The third-order valence-electron chi connectivity index (χ3n) is 4.46. The summed E-state index contributed by atoms with van der Waals surface area (Å²) in [6.45, 7) is -0.902. The summed E-state index contributed by atoms with van der Waals surface area (Å²) >= 11 is 0. The molecule has 4 atom stereocenters. The Hall–Kier alpha value is -3.79. The molecule has 0 aliphatic heterocycles. The number of carbonyl (C=O) groups excluding carboxylic acids is 6. The van der Waals surface area contributed by atoms with Crippen molar-refractivity contribution >= 4 is 41.4 Å². The molecule has 0 fully saturated rings. The molecule has 0 radical (unpaired) electrons. The van der Waals surface area contributed by atoms with Crippen molar-refractivity contribution in [2.75, 3.05) is 6.61 Å². The lowest BCUT2D eigenvalue weighted by Crippen LogP contribution is -2.58. The van der Waals surface area contributed by atoms with E-state index in [1.807, 2.05) is 0 Å². The van der Waals surface area contributed by atoms with Crippen molar-refractivity contribution in [1.29, 1.82) is 0 Å². The minimum absolute atomic E-state index is 0.119. The van der Waals surface area contributed by atoms with Gasteiger partial charge >= 0.3 is 5.97 Å². The van der Waals surface area contributed by atoms with E-state index in [1.54, 1.807) is 0 Å². The highest BCUT2D eigenvalue weighted by Gasteiger charge is 2.30. The Kier molecular flexibility index (Phi) is 13.4. The summed E-state index contributed by atoms with van der Waals surface area (Å²) in [5.41, 5.74) is 20.6. The Labute approximate surface area is 194 Å². The molecule has 0 aromatic heterocycles. The number of aliphatic hydroxyl groups excluding tert-OH is 1. The van der Waals surface area contributed by atoms with Gasteiger partial charge in [0.1, 0.15) is 18.1 Å². The van der Waals surface area contributed by atoms with E-state index < -0.39 is 72.2 Å². The van der Waals surface area contributed by atoms with Crippen molar-refractivity contribution in [3.05, 3.63) is 0 Å². The predicted molar refractivity (Wildman–Crippen MR) is 114 cm³/mol. The van der Waals surface area contributed by atoms with Crippen LogP contribution in [-0.4, -0.2) is 82.4 Å². The van der Waals surface area contributed by atoms with E-state index in [-0.39, 0.29) is 38.5 Å². The molecular weight excluding hydrogens is 458 g/mol. The van der Waals surface area contributed by atoms with Crippen LogP contribution in [-0.2, 0) is 33.6 Å². The highest BCUT2D eigenvalue weighted by molar-refractivity contribution is 5.94. The van der Waals surface area contributed by atoms with Crippen molar-refractivity contribution in [3.8, 4) is 0 Å². The first kappa shape index (κ1) is 30.2. The van der Waals surface area contributed by atoms with Gasteiger partial charge in [-0.25, -0.2) is 4.79 Å². The molecule has 0 saturated carbocycles. The molecule has 6 amide bonds. The molecule has 0 rings (SSSR count). The molecule has 0 spiro atoms. The van der Waals surface area contributed by atoms with Gasteiger partial charge in [0.25, 0.3) is 0 Å². The van der Waals surface area contributed by atoms with Crippen LogP contribution < -0.4 is 38.9 Å². The van der Waals surface area contributed by atoms with Crippen LogP contribution >= 0.6 is 0 Å². The van der Waals surface area contributed by atoms with Gasteiger partial charge in [-0.05, 0) is 19.3 Å². The van der Waals surface area contributed by atoms with Gasteiger partial charge in [-0.1, -0.05) is 0 Å². The van der Waals surface area contributed by atoms with E-state index in [1.165, 1.54) is 0 Å². The topological polar surface area (TPSA) is 300 Å². The molecule has 0 bridgehead atoms. The number of amides is 6. The fourth-order valence-electron chi connectivity index (χ4n) is 2.55. The molecule has 0 aliphatic rings. The van der Waals surface area contributed by atoms with Crippen molar-refractivity contribution in [2.24, 2.45) is 22.9 Å². The van der Waals surface area contributed by atoms with Crippen molar-refractivity contribution < 1.29 is 43.8 Å². The zero-order valence-electron chi connectivity index (χ0n) is 18.3. The molecule has 16 heteroatoms. The average molecular weight is 489 g/mol. The summed E-state index contributed by atoms with van der Waals surface area (Å²) in [7, 11) is 0. The summed E-state index contributed by atoms with van der Waals surface area (Å²) in [4.78, 5) is 81.4. The lowest BCUT2D eigenvalue weighted by Gasteiger charge is -2.24. The first-order valence-electron chi connectivity index (χ1n) is 10.1. The number of aliphatic hydroxyl groups is 1. The van der Waals surface area contributed by atoms with Crippen LogP contribution in [0.4, 0.5) is 0 Å². The summed E-state index contributed by atoms with van der Waals surface area (Å²) < 4.78 is 0. The molecular formula is C18H31N7O9. The maximum Gasteiger partial charge on any atom is 0.326 e. The predicted octanol–water partition coefficient (Wildman–Crippen LogP) is -5.36. The number of carboxylic acids is 1. The molecule has 4 unspecified atom stereocenters. The number of hydrogen-bond acceptors (Lipinski definition) is 9. The fraction of sp³-hybridized carbons (Fsp3) is 0.611. The third kappa shape index (κ3) is 12.3. The van der Waals surface area contributed by atoms with E-state index in [4.69, 9.17) is 22.9 Å². The van der Waals surface area contributed by atoms with Crippen molar-refractivity contribution in [1.82, 2.24) is 16.0 Å². The number of aliphatic carboxylic acids is 1. The largest absolute Gasteiger partial charge is 0.480 e. The number of rotatable bonds is 17. The second-order valence-corrected chi connectivity index (χ2v) is 7.33. The first-order valence-corrected chi connectivity index (χ1v) is 10.1. The van der Waals surface area contributed by atoms with Crippen molar-refractivity contribution in [2.45, 2.75) is 62.7 Å². The van der Waals surface area contributed by atoms with E-state index in [2.05, 4.69) is 16.0 Å². The van der Waals surface area contributed by atoms with Crippen LogP contribution in [0.25, 0.3) is 0 Å². The zero-order valence-corrected chi connectivity index (χ0v) is 18.3. The maximum atomic E-state index is 12.6. The van der Waals surface area contributed by atoms with Crippen LogP contribution in [0.15, 0.2) is 0 Å². The van der Waals surface area contributed by atoms with E-state index in [9.17, 15) is 43.8 Å². The van der Waals surface area contributed by atoms with E-state index >= 15 is 0 Å². The Bertz CT molecular complexity index is 790. The lowest BCUT2D eigenvalue weighted by molar-refractivity contribution is -0.143. The molecule has 192 valence electrons. The minimum Gasteiger partial charge on any atom is -0.480 e. The van der Waals surface area contributed by atoms with E-state index in [0.29, 0.717) is 0 Å². The van der Waals surface area contributed by atoms with Crippen LogP contribution in [0, 0.1) is 0 Å². The van der Waals surface area contributed by atoms with Crippen LogP contribution in [0.3, 0.4) is 0 Å². The normalized spacial score (nSPS) is 14.1. The second-order valence-electron chi connectivity index (χ2n) is 7.33. The zero-order chi connectivity index (χ0) is 26.4. The second kappa shape index (κ2) is 15.1. The van der Waals surface area contributed by atoms with Gasteiger partial charge in [0.2, 0.25) is 35.4 Å². The van der Waals surface area contributed by atoms with Crippen molar-refractivity contribution in [3.63, 3.8) is 0 Å². The average Bonchev–Trinajstić information content (AvgIpc) is 2.74. The number of hydrogen-bond donors (Lipinski definition) is 9. The molecule has 34 heavy (non-hydrogen) atoms. The van der Waals surface area contributed by atoms with Gasteiger partial charge in [-0.2, -0.15) is 0 Å². The van der Waals surface area contributed by atoms with Gasteiger partial charge in [-0.15, -0.1) is 0 Å². The monoisotopic (exact) mass is 489 g/mol. The number of nitrogens with two attached hydrogens (primary N) is 4. The molecule has 0 heterocycles.